The zero-order valence-electron chi connectivity index (χ0n) is 12.9. The maximum Gasteiger partial charge on any atom is 0.264 e. The molecule has 2 aliphatic rings. The van der Waals surface area contributed by atoms with Crippen molar-refractivity contribution >= 4 is 17.2 Å². The number of fused-ring (bicyclic) bond motifs is 1. The molecule has 0 N–H and O–H groups in total. The molecule has 0 radical (unpaired) electrons. The predicted octanol–water partition coefficient (Wildman–Crippen LogP) is 2.24. The third-order valence-electron chi connectivity index (χ3n) is 4.72. The second kappa shape index (κ2) is 6.46. The maximum atomic E-state index is 12.6. The fourth-order valence-electron chi connectivity index (χ4n) is 3.33. The Hall–Kier alpha value is -0.910. The van der Waals surface area contributed by atoms with Gasteiger partial charge in [-0.05, 0) is 36.9 Å². The number of likely N-dealkylation sites (N-methyl/N-ethyl adjacent to an activating group) is 1. The van der Waals surface area contributed by atoms with Crippen LogP contribution in [0.3, 0.4) is 0 Å². The average Bonchev–Trinajstić information content (AvgIpc) is 2.81. The van der Waals surface area contributed by atoms with E-state index < -0.39 is 0 Å². The van der Waals surface area contributed by atoms with Crippen LogP contribution in [-0.4, -0.2) is 61.1 Å². The van der Waals surface area contributed by atoms with Crippen LogP contribution in [0.2, 0.25) is 0 Å². The molecule has 0 bridgehead atoms. The summed E-state index contributed by atoms with van der Waals surface area (Å²) < 4.78 is 6.03. The normalized spacial score (nSPS) is 27.2. The number of hydrogen-bond acceptors (Lipinski definition) is 4. The van der Waals surface area contributed by atoms with E-state index in [0.29, 0.717) is 5.92 Å². The number of thiophene rings is 1. The van der Waals surface area contributed by atoms with Gasteiger partial charge in [-0.25, -0.2) is 0 Å². The van der Waals surface area contributed by atoms with Crippen molar-refractivity contribution < 1.29 is 9.53 Å². The third kappa shape index (κ3) is 3.15. The monoisotopic (exact) mass is 308 g/mol. The lowest BCUT2D eigenvalue weighted by Crippen LogP contribution is -2.49. The first-order valence-corrected chi connectivity index (χ1v) is 8.74. The van der Waals surface area contributed by atoms with Gasteiger partial charge in [0, 0.05) is 32.1 Å². The van der Waals surface area contributed by atoms with E-state index in [-0.39, 0.29) is 12.0 Å². The molecule has 3 rings (SSSR count). The van der Waals surface area contributed by atoms with Gasteiger partial charge in [0.05, 0.1) is 17.6 Å². The van der Waals surface area contributed by atoms with Crippen molar-refractivity contribution in [3.05, 3.63) is 21.9 Å². The minimum atomic E-state index is 0.182. The summed E-state index contributed by atoms with van der Waals surface area (Å²) in [5.41, 5.74) is 1.09. The number of rotatable bonds is 2. The van der Waals surface area contributed by atoms with Gasteiger partial charge in [-0.2, -0.15) is 0 Å². The predicted molar refractivity (Wildman–Crippen MR) is 84.9 cm³/mol. The molecular weight excluding hydrogens is 284 g/mol. The Balaban J connectivity index is 1.67. The fourth-order valence-corrected chi connectivity index (χ4v) is 4.22. The number of ether oxygens (including phenoxy) is 1. The lowest BCUT2D eigenvalue weighted by atomic mass is 9.93. The van der Waals surface area contributed by atoms with Gasteiger partial charge in [0.1, 0.15) is 0 Å². The van der Waals surface area contributed by atoms with Crippen LogP contribution >= 0.6 is 11.3 Å². The lowest BCUT2D eigenvalue weighted by Gasteiger charge is -2.37. The van der Waals surface area contributed by atoms with Crippen LogP contribution in [0.4, 0.5) is 0 Å². The first kappa shape index (κ1) is 15.0. The molecule has 0 unspecified atom stereocenters. The van der Waals surface area contributed by atoms with Crippen LogP contribution in [0.5, 0.6) is 0 Å². The standard InChI is InChI=1S/C16H24N2O2S/c1-3-17-7-8-20-14-11-18(6-4-13(14)10-17)16(19)15-12(2)5-9-21-15/h5,9,13-14H,3-4,6-8,10-11H2,1-2H3/t13-,14-/m1/s1. The largest absolute Gasteiger partial charge is 0.375 e. The molecule has 116 valence electrons. The van der Waals surface area contributed by atoms with Gasteiger partial charge in [-0.1, -0.05) is 6.92 Å². The van der Waals surface area contributed by atoms with Crippen molar-refractivity contribution in [3.63, 3.8) is 0 Å². The molecule has 1 aromatic rings. The van der Waals surface area contributed by atoms with Crippen LogP contribution in [-0.2, 0) is 4.74 Å². The SMILES string of the molecule is CCN1CCO[C@@H]2CN(C(=O)c3sccc3C)CC[C@@H]2C1. The minimum Gasteiger partial charge on any atom is -0.375 e. The van der Waals surface area contributed by atoms with Gasteiger partial charge in [-0.3, -0.25) is 4.79 Å². The number of hydrogen-bond donors (Lipinski definition) is 0. The van der Waals surface area contributed by atoms with Gasteiger partial charge < -0.3 is 14.5 Å². The molecule has 0 aromatic carbocycles. The Labute approximate surface area is 130 Å². The summed E-state index contributed by atoms with van der Waals surface area (Å²) in [6.07, 6.45) is 1.26. The van der Waals surface area contributed by atoms with Gasteiger partial charge >= 0.3 is 0 Å². The molecule has 21 heavy (non-hydrogen) atoms. The van der Waals surface area contributed by atoms with E-state index in [1.165, 1.54) is 0 Å². The summed E-state index contributed by atoms with van der Waals surface area (Å²) in [4.78, 5) is 18.0. The van der Waals surface area contributed by atoms with Crippen molar-refractivity contribution in [2.75, 3.05) is 39.3 Å². The molecule has 3 heterocycles. The highest BCUT2D eigenvalue weighted by Gasteiger charge is 2.35. The van der Waals surface area contributed by atoms with Crippen LogP contribution in [0, 0.1) is 12.8 Å². The molecule has 0 spiro atoms. The van der Waals surface area contributed by atoms with E-state index in [1.807, 2.05) is 23.3 Å². The number of carbonyl (C=O) groups excluding carboxylic acids is 1. The van der Waals surface area contributed by atoms with E-state index >= 15 is 0 Å². The molecule has 1 amide bonds. The first-order valence-electron chi connectivity index (χ1n) is 7.86. The van der Waals surface area contributed by atoms with Crippen LogP contribution in [0.15, 0.2) is 11.4 Å². The van der Waals surface area contributed by atoms with E-state index in [2.05, 4.69) is 11.8 Å². The van der Waals surface area contributed by atoms with Gasteiger partial charge in [0.2, 0.25) is 0 Å². The molecule has 2 fully saturated rings. The van der Waals surface area contributed by atoms with E-state index in [4.69, 9.17) is 4.74 Å². The molecule has 2 atom stereocenters. The van der Waals surface area contributed by atoms with Crippen molar-refractivity contribution in [1.82, 2.24) is 9.80 Å². The first-order chi connectivity index (χ1) is 10.2. The van der Waals surface area contributed by atoms with E-state index in [9.17, 15) is 4.79 Å². The lowest BCUT2D eigenvalue weighted by molar-refractivity contribution is -0.0169. The summed E-state index contributed by atoms with van der Waals surface area (Å²) in [6.45, 7) is 9.83. The van der Waals surface area contributed by atoms with Crippen molar-refractivity contribution in [3.8, 4) is 0 Å². The molecule has 1 aromatic heterocycles. The minimum absolute atomic E-state index is 0.182. The van der Waals surface area contributed by atoms with Gasteiger partial charge in [0.15, 0.2) is 0 Å². The Kier molecular flexibility index (Phi) is 4.62. The van der Waals surface area contributed by atoms with Crippen LogP contribution in [0.25, 0.3) is 0 Å². The Bertz CT molecular complexity index is 502. The topological polar surface area (TPSA) is 32.8 Å². The molecule has 2 aliphatic heterocycles. The smallest absolute Gasteiger partial charge is 0.264 e. The summed E-state index contributed by atoms with van der Waals surface area (Å²) in [5.74, 6) is 0.752. The number of piperidine rings is 1. The van der Waals surface area contributed by atoms with Gasteiger partial charge in [-0.15, -0.1) is 11.3 Å². The number of amides is 1. The van der Waals surface area contributed by atoms with E-state index in [0.717, 1.165) is 56.2 Å². The molecule has 2 saturated heterocycles. The highest BCUT2D eigenvalue weighted by molar-refractivity contribution is 7.12. The number of aryl methyl sites for hydroxylation is 1. The summed E-state index contributed by atoms with van der Waals surface area (Å²) >= 11 is 1.55. The number of likely N-dealkylation sites (tertiary alicyclic amines) is 1. The third-order valence-corrected chi connectivity index (χ3v) is 5.72. The molecule has 4 nitrogen and oxygen atoms in total. The van der Waals surface area contributed by atoms with Crippen molar-refractivity contribution in [2.45, 2.75) is 26.4 Å². The Morgan fingerprint density at radius 2 is 2.29 bits per heavy atom. The zero-order chi connectivity index (χ0) is 14.8. The second-order valence-corrected chi connectivity index (χ2v) is 6.95. The maximum absolute atomic E-state index is 12.6. The highest BCUT2D eigenvalue weighted by Crippen LogP contribution is 2.26. The number of nitrogens with zero attached hydrogens (tertiary/aromatic N) is 2. The molecule has 5 heteroatoms. The molecular formula is C16H24N2O2S. The second-order valence-electron chi connectivity index (χ2n) is 6.04. The van der Waals surface area contributed by atoms with E-state index in [1.54, 1.807) is 11.3 Å². The van der Waals surface area contributed by atoms with Crippen LogP contribution < -0.4 is 0 Å². The summed E-state index contributed by atoms with van der Waals surface area (Å²) in [7, 11) is 0. The quantitative estimate of drug-likeness (QED) is 0.840. The Morgan fingerprint density at radius 1 is 1.43 bits per heavy atom. The Morgan fingerprint density at radius 3 is 3.00 bits per heavy atom. The molecule has 0 aliphatic carbocycles. The zero-order valence-corrected chi connectivity index (χ0v) is 13.7. The van der Waals surface area contributed by atoms with Crippen molar-refractivity contribution in [2.24, 2.45) is 5.92 Å². The number of carbonyl (C=O) groups is 1. The average molecular weight is 308 g/mol. The summed E-state index contributed by atoms with van der Waals surface area (Å²) in [5, 5.41) is 2.00. The van der Waals surface area contributed by atoms with Crippen molar-refractivity contribution in [1.29, 1.82) is 0 Å². The van der Waals surface area contributed by atoms with Crippen LogP contribution in [0.1, 0.15) is 28.6 Å². The van der Waals surface area contributed by atoms with Gasteiger partial charge in [0.25, 0.3) is 5.91 Å². The highest BCUT2D eigenvalue weighted by atomic mass is 32.1. The summed E-state index contributed by atoms with van der Waals surface area (Å²) in [6, 6.07) is 2.02. The molecule has 0 saturated carbocycles. The fraction of sp³-hybridized carbons (Fsp3) is 0.688.